The van der Waals surface area contributed by atoms with Gasteiger partial charge >= 0.3 is 0 Å². The van der Waals surface area contributed by atoms with Crippen LogP contribution >= 0.6 is 0 Å². The molecule has 1 aliphatic carbocycles. The molecule has 1 saturated carbocycles. The molecule has 1 aromatic carbocycles. The van der Waals surface area contributed by atoms with Crippen molar-refractivity contribution in [2.45, 2.75) is 51.5 Å². The van der Waals surface area contributed by atoms with Gasteiger partial charge in [-0.05, 0) is 50.3 Å². The van der Waals surface area contributed by atoms with E-state index in [0.29, 0.717) is 23.6 Å². The molecule has 0 amide bonds. The molecule has 0 bridgehead atoms. The first-order valence-electron chi connectivity index (χ1n) is 8.18. The number of benzene rings is 1. The molecule has 2 nitrogen and oxygen atoms in total. The highest BCUT2D eigenvalue weighted by Crippen LogP contribution is 2.36. The first-order chi connectivity index (χ1) is 10.1. The van der Waals surface area contributed by atoms with Gasteiger partial charge in [-0.1, -0.05) is 25.0 Å². The Balaban J connectivity index is 1.57. The normalized spacial score (nSPS) is 25.8. The minimum absolute atomic E-state index is 0.0631. The maximum absolute atomic E-state index is 13.5. The van der Waals surface area contributed by atoms with Crippen molar-refractivity contribution in [3.05, 3.63) is 35.1 Å². The average Bonchev–Trinajstić information content (AvgIpc) is 2.91. The van der Waals surface area contributed by atoms with Gasteiger partial charge in [0.1, 0.15) is 5.82 Å². The Bertz CT molecular complexity index is 528. The highest BCUT2D eigenvalue weighted by atomic mass is 19.1. The van der Waals surface area contributed by atoms with Crippen molar-refractivity contribution >= 4 is 5.78 Å². The van der Waals surface area contributed by atoms with Crippen molar-refractivity contribution in [1.29, 1.82) is 0 Å². The van der Waals surface area contributed by atoms with Crippen molar-refractivity contribution in [1.82, 2.24) is 4.90 Å². The monoisotopic (exact) mass is 289 g/mol. The standard InChI is InChI=1S/C18H24FNO/c1-13-6-7-15(12-16(13)19)18(21)9-11-20-10-8-14-4-2-3-5-17(14)20/h6-7,12,14,17H,2-5,8-11H2,1H3. The van der Waals surface area contributed by atoms with Crippen LogP contribution in [-0.2, 0) is 0 Å². The Labute approximate surface area is 126 Å². The summed E-state index contributed by atoms with van der Waals surface area (Å²) in [5, 5.41) is 0. The zero-order valence-electron chi connectivity index (χ0n) is 12.8. The van der Waals surface area contributed by atoms with Crippen molar-refractivity contribution < 1.29 is 9.18 Å². The summed E-state index contributed by atoms with van der Waals surface area (Å²) < 4.78 is 13.5. The molecule has 1 heterocycles. The number of likely N-dealkylation sites (tertiary alicyclic amines) is 1. The Kier molecular flexibility index (Phi) is 4.39. The number of Topliss-reactive ketones (excluding diaryl/α,β-unsaturated/α-hetero) is 1. The van der Waals surface area contributed by atoms with Gasteiger partial charge in [0.25, 0.3) is 0 Å². The van der Waals surface area contributed by atoms with E-state index in [0.717, 1.165) is 19.0 Å². The maximum atomic E-state index is 13.5. The van der Waals surface area contributed by atoms with Gasteiger partial charge in [0, 0.05) is 24.6 Å². The predicted molar refractivity (Wildman–Crippen MR) is 82.0 cm³/mol. The third-order valence-corrected chi connectivity index (χ3v) is 5.24. The van der Waals surface area contributed by atoms with E-state index in [1.807, 2.05) is 0 Å². The summed E-state index contributed by atoms with van der Waals surface area (Å²) in [5.41, 5.74) is 1.11. The summed E-state index contributed by atoms with van der Waals surface area (Å²) >= 11 is 0. The molecule has 3 rings (SSSR count). The van der Waals surface area contributed by atoms with Crippen LogP contribution in [0, 0.1) is 18.7 Å². The van der Waals surface area contributed by atoms with Crippen LogP contribution in [0.25, 0.3) is 0 Å². The summed E-state index contributed by atoms with van der Waals surface area (Å²) in [6, 6.07) is 5.51. The Morgan fingerprint density at radius 1 is 1.29 bits per heavy atom. The molecule has 1 aliphatic heterocycles. The molecular weight excluding hydrogens is 265 g/mol. The smallest absolute Gasteiger partial charge is 0.164 e. The van der Waals surface area contributed by atoms with Crippen LogP contribution in [0.2, 0.25) is 0 Å². The Morgan fingerprint density at radius 3 is 2.90 bits per heavy atom. The van der Waals surface area contributed by atoms with Crippen molar-refractivity contribution in [2.75, 3.05) is 13.1 Å². The Morgan fingerprint density at radius 2 is 2.10 bits per heavy atom. The van der Waals surface area contributed by atoms with Gasteiger partial charge in [-0.25, -0.2) is 4.39 Å². The van der Waals surface area contributed by atoms with E-state index >= 15 is 0 Å². The number of hydrogen-bond donors (Lipinski definition) is 0. The number of carbonyl (C=O) groups excluding carboxylic acids is 1. The number of carbonyl (C=O) groups is 1. The number of ketones is 1. The summed E-state index contributed by atoms with van der Waals surface area (Å²) in [4.78, 5) is 14.7. The topological polar surface area (TPSA) is 20.3 Å². The number of hydrogen-bond acceptors (Lipinski definition) is 2. The van der Waals surface area contributed by atoms with E-state index < -0.39 is 0 Å². The quantitative estimate of drug-likeness (QED) is 0.782. The lowest BCUT2D eigenvalue weighted by atomic mass is 9.85. The maximum Gasteiger partial charge on any atom is 0.164 e. The summed E-state index contributed by atoms with van der Waals surface area (Å²) in [7, 11) is 0. The zero-order valence-corrected chi connectivity index (χ0v) is 12.8. The third-order valence-electron chi connectivity index (χ3n) is 5.24. The summed E-state index contributed by atoms with van der Waals surface area (Å²) in [5.74, 6) is 0.633. The van der Waals surface area contributed by atoms with Crippen LogP contribution in [0.4, 0.5) is 4.39 Å². The molecule has 0 spiro atoms. The highest BCUT2D eigenvalue weighted by molar-refractivity contribution is 5.96. The second-order valence-corrected chi connectivity index (χ2v) is 6.57. The van der Waals surface area contributed by atoms with Gasteiger partial charge in [0.15, 0.2) is 5.78 Å². The van der Waals surface area contributed by atoms with E-state index in [1.54, 1.807) is 19.1 Å². The second kappa shape index (κ2) is 6.27. The summed E-state index contributed by atoms with van der Waals surface area (Å²) in [6.07, 6.45) is 7.14. The minimum Gasteiger partial charge on any atom is -0.300 e. The molecule has 1 saturated heterocycles. The molecule has 21 heavy (non-hydrogen) atoms. The number of nitrogens with zero attached hydrogens (tertiary/aromatic N) is 1. The van der Waals surface area contributed by atoms with E-state index in [1.165, 1.54) is 38.2 Å². The van der Waals surface area contributed by atoms with Crippen molar-refractivity contribution in [3.8, 4) is 0 Å². The van der Waals surface area contributed by atoms with Gasteiger partial charge in [-0.3, -0.25) is 9.69 Å². The lowest BCUT2D eigenvalue weighted by molar-refractivity contribution is 0.0950. The van der Waals surface area contributed by atoms with Crippen LogP contribution in [0.1, 0.15) is 54.4 Å². The lowest BCUT2D eigenvalue weighted by Crippen LogP contribution is -2.36. The fraction of sp³-hybridized carbons (Fsp3) is 0.611. The Hall–Kier alpha value is -1.22. The molecule has 3 heteroatoms. The molecule has 2 aliphatic rings. The summed E-state index contributed by atoms with van der Waals surface area (Å²) in [6.45, 7) is 3.68. The van der Waals surface area contributed by atoms with Gasteiger partial charge in [-0.15, -0.1) is 0 Å². The molecule has 0 N–H and O–H groups in total. The van der Waals surface area contributed by atoms with Crippen LogP contribution < -0.4 is 0 Å². The zero-order chi connectivity index (χ0) is 14.8. The predicted octanol–water partition coefficient (Wildman–Crippen LogP) is 3.97. The van der Waals surface area contributed by atoms with E-state index in [2.05, 4.69) is 4.90 Å². The van der Waals surface area contributed by atoms with Gasteiger partial charge < -0.3 is 0 Å². The number of fused-ring (bicyclic) bond motifs is 1. The molecule has 2 fully saturated rings. The van der Waals surface area contributed by atoms with Gasteiger partial charge in [0.2, 0.25) is 0 Å². The molecule has 2 unspecified atom stereocenters. The van der Waals surface area contributed by atoms with Gasteiger partial charge in [-0.2, -0.15) is 0 Å². The average molecular weight is 289 g/mol. The highest BCUT2D eigenvalue weighted by Gasteiger charge is 2.35. The number of rotatable bonds is 4. The van der Waals surface area contributed by atoms with E-state index in [4.69, 9.17) is 0 Å². The van der Waals surface area contributed by atoms with Crippen molar-refractivity contribution in [3.63, 3.8) is 0 Å². The minimum atomic E-state index is -0.283. The fourth-order valence-electron chi connectivity index (χ4n) is 3.94. The third kappa shape index (κ3) is 3.18. The molecular formula is C18H24FNO. The SMILES string of the molecule is Cc1ccc(C(=O)CCN2CCC3CCCCC32)cc1F. The fourth-order valence-corrected chi connectivity index (χ4v) is 3.94. The number of halogens is 1. The lowest BCUT2D eigenvalue weighted by Gasteiger charge is -2.31. The van der Waals surface area contributed by atoms with Crippen LogP contribution in [0.3, 0.4) is 0 Å². The van der Waals surface area contributed by atoms with Gasteiger partial charge in [0.05, 0.1) is 0 Å². The first kappa shape index (κ1) is 14.7. The van der Waals surface area contributed by atoms with Crippen molar-refractivity contribution in [2.24, 2.45) is 5.92 Å². The molecule has 0 radical (unpaired) electrons. The van der Waals surface area contributed by atoms with Crippen LogP contribution in [-0.4, -0.2) is 29.8 Å². The number of aryl methyl sites for hydroxylation is 1. The molecule has 0 aromatic heterocycles. The first-order valence-corrected chi connectivity index (χ1v) is 8.18. The molecule has 1 aromatic rings. The van der Waals surface area contributed by atoms with E-state index in [9.17, 15) is 9.18 Å². The van der Waals surface area contributed by atoms with Crippen LogP contribution in [0.15, 0.2) is 18.2 Å². The largest absolute Gasteiger partial charge is 0.300 e. The van der Waals surface area contributed by atoms with E-state index in [-0.39, 0.29) is 11.6 Å². The second-order valence-electron chi connectivity index (χ2n) is 6.57. The van der Waals surface area contributed by atoms with Crippen LogP contribution in [0.5, 0.6) is 0 Å². The molecule has 2 atom stereocenters. The molecule has 114 valence electrons.